The van der Waals surface area contributed by atoms with Crippen LogP contribution in [-0.2, 0) is 22.4 Å². The van der Waals surface area contributed by atoms with E-state index in [4.69, 9.17) is 0 Å². The Bertz CT molecular complexity index is 948. The molecular weight excluding hydrogens is 338 g/mol. The molecule has 1 aliphatic rings. The number of rotatable bonds is 7. The van der Waals surface area contributed by atoms with Gasteiger partial charge >= 0.3 is 0 Å². The van der Waals surface area contributed by atoms with Crippen molar-refractivity contribution in [2.45, 2.75) is 25.3 Å². The number of para-hydroxylation sites is 1. The minimum absolute atomic E-state index is 0.0828. The van der Waals surface area contributed by atoms with Gasteiger partial charge in [0.25, 0.3) is 0 Å². The molecule has 2 heterocycles. The first-order valence-electron chi connectivity index (χ1n) is 9.39. The van der Waals surface area contributed by atoms with Gasteiger partial charge in [0.05, 0.1) is 12.5 Å². The van der Waals surface area contributed by atoms with Crippen LogP contribution in [0.5, 0.6) is 0 Å². The van der Waals surface area contributed by atoms with Gasteiger partial charge in [-0.1, -0.05) is 48.5 Å². The minimum Gasteiger partial charge on any atom is -0.361 e. The summed E-state index contributed by atoms with van der Waals surface area (Å²) in [5, 5.41) is 4.47. The van der Waals surface area contributed by atoms with Gasteiger partial charge in [-0.05, 0) is 30.0 Å². The van der Waals surface area contributed by atoms with Crippen LogP contribution in [0.15, 0.2) is 60.8 Å². The zero-order valence-electron chi connectivity index (χ0n) is 15.2. The number of hydrogen-bond donors (Lipinski definition) is 2. The summed E-state index contributed by atoms with van der Waals surface area (Å²) in [6.07, 6.45) is 3.77. The summed E-state index contributed by atoms with van der Waals surface area (Å²) in [6.45, 7) is 1.11. The van der Waals surface area contributed by atoms with Crippen molar-refractivity contribution >= 4 is 22.7 Å². The lowest BCUT2D eigenvalue weighted by Crippen LogP contribution is -2.40. The molecule has 0 aliphatic carbocycles. The molecule has 3 aromatic rings. The quantitative estimate of drug-likeness (QED) is 0.636. The third-order valence-electron chi connectivity index (χ3n) is 5.17. The Labute approximate surface area is 158 Å². The molecule has 2 aromatic carbocycles. The van der Waals surface area contributed by atoms with Crippen molar-refractivity contribution in [3.05, 3.63) is 71.9 Å². The van der Waals surface area contributed by atoms with E-state index in [2.05, 4.69) is 22.4 Å². The fourth-order valence-electron chi connectivity index (χ4n) is 3.68. The molecule has 2 amide bonds. The van der Waals surface area contributed by atoms with Crippen LogP contribution in [0.25, 0.3) is 10.9 Å². The summed E-state index contributed by atoms with van der Waals surface area (Å²) < 4.78 is 0. The van der Waals surface area contributed by atoms with Crippen LogP contribution in [0.4, 0.5) is 0 Å². The van der Waals surface area contributed by atoms with Gasteiger partial charge in [0, 0.05) is 30.2 Å². The molecule has 0 bridgehead atoms. The molecule has 1 fully saturated rings. The highest BCUT2D eigenvalue weighted by Gasteiger charge is 2.37. The van der Waals surface area contributed by atoms with Gasteiger partial charge in [0.15, 0.2) is 0 Å². The van der Waals surface area contributed by atoms with Crippen LogP contribution in [0.1, 0.15) is 17.5 Å². The van der Waals surface area contributed by atoms with Crippen LogP contribution in [0.3, 0.4) is 0 Å². The number of nitrogens with one attached hydrogen (secondary N) is 2. The van der Waals surface area contributed by atoms with Gasteiger partial charge in [-0.2, -0.15) is 0 Å². The molecule has 1 saturated heterocycles. The first-order chi connectivity index (χ1) is 13.2. The maximum atomic E-state index is 12.6. The lowest BCUT2D eigenvalue weighted by Gasteiger charge is -2.15. The molecule has 0 unspecified atom stereocenters. The number of hydrogen-bond acceptors (Lipinski definition) is 3. The van der Waals surface area contributed by atoms with E-state index in [1.807, 2.05) is 48.7 Å². The Morgan fingerprint density at radius 1 is 1.00 bits per heavy atom. The standard InChI is InChI=1S/C22H23N3O2/c26-21-14-20(22(27)25(21)13-11-16-6-2-1-3-7-16)23-12-10-17-15-24-19-9-5-4-8-18(17)19/h1-9,15,20,23-24H,10-14H2/t20-/m0/s1. The number of nitrogens with zero attached hydrogens (tertiary/aromatic N) is 1. The second kappa shape index (κ2) is 7.76. The molecular formula is C22H23N3O2. The van der Waals surface area contributed by atoms with Gasteiger partial charge in [-0.25, -0.2) is 0 Å². The third-order valence-corrected chi connectivity index (χ3v) is 5.17. The fraction of sp³-hybridized carbons (Fsp3) is 0.273. The minimum atomic E-state index is -0.404. The number of aromatic amines is 1. The Balaban J connectivity index is 1.31. The molecule has 138 valence electrons. The second-order valence-electron chi connectivity index (χ2n) is 6.94. The van der Waals surface area contributed by atoms with Crippen LogP contribution < -0.4 is 5.32 Å². The van der Waals surface area contributed by atoms with Gasteiger partial charge in [0.2, 0.25) is 11.8 Å². The summed E-state index contributed by atoms with van der Waals surface area (Å²) >= 11 is 0. The van der Waals surface area contributed by atoms with Gasteiger partial charge in [-0.15, -0.1) is 0 Å². The molecule has 1 aliphatic heterocycles. The topological polar surface area (TPSA) is 65.2 Å². The summed E-state index contributed by atoms with van der Waals surface area (Å²) in [5.74, 6) is -0.185. The Kier molecular flexibility index (Phi) is 5.03. The monoisotopic (exact) mass is 361 g/mol. The van der Waals surface area contributed by atoms with Gasteiger partial charge in [-0.3, -0.25) is 14.5 Å². The predicted octanol–water partition coefficient (Wildman–Crippen LogP) is 2.67. The molecule has 1 atom stereocenters. The van der Waals surface area contributed by atoms with Crippen molar-refractivity contribution in [3.63, 3.8) is 0 Å². The van der Waals surface area contributed by atoms with E-state index in [0.29, 0.717) is 19.5 Å². The fourth-order valence-corrected chi connectivity index (χ4v) is 3.68. The van der Waals surface area contributed by atoms with Crippen molar-refractivity contribution in [2.75, 3.05) is 13.1 Å². The summed E-state index contributed by atoms with van der Waals surface area (Å²) in [7, 11) is 0. The van der Waals surface area contributed by atoms with E-state index in [9.17, 15) is 9.59 Å². The maximum Gasteiger partial charge on any atom is 0.246 e. The molecule has 4 rings (SSSR count). The van der Waals surface area contributed by atoms with Crippen LogP contribution in [-0.4, -0.2) is 40.8 Å². The van der Waals surface area contributed by atoms with Crippen LogP contribution in [0.2, 0.25) is 0 Å². The Morgan fingerprint density at radius 2 is 1.78 bits per heavy atom. The first kappa shape index (κ1) is 17.5. The zero-order chi connectivity index (χ0) is 18.6. The van der Waals surface area contributed by atoms with E-state index >= 15 is 0 Å². The van der Waals surface area contributed by atoms with Gasteiger partial charge < -0.3 is 10.3 Å². The van der Waals surface area contributed by atoms with Crippen molar-refractivity contribution in [3.8, 4) is 0 Å². The number of benzene rings is 2. The smallest absolute Gasteiger partial charge is 0.246 e. The highest BCUT2D eigenvalue weighted by atomic mass is 16.2. The average Bonchev–Trinajstić information content (AvgIpc) is 3.22. The molecule has 2 N–H and O–H groups in total. The Morgan fingerprint density at radius 3 is 2.63 bits per heavy atom. The lowest BCUT2D eigenvalue weighted by atomic mass is 10.1. The van der Waals surface area contributed by atoms with Crippen molar-refractivity contribution in [1.29, 1.82) is 0 Å². The number of aromatic nitrogens is 1. The number of carbonyl (C=O) groups is 2. The van der Waals surface area contributed by atoms with Gasteiger partial charge in [0.1, 0.15) is 0 Å². The molecule has 0 saturated carbocycles. The number of amides is 2. The summed E-state index contributed by atoms with van der Waals surface area (Å²) in [6, 6.07) is 17.7. The highest BCUT2D eigenvalue weighted by Crippen LogP contribution is 2.18. The normalized spacial score (nSPS) is 17.2. The molecule has 0 radical (unpaired) electrons. The molecule has 0 spiro atoms. The highest BCUT2D eigenvalue weighted by molar-refractivity contribution is 6.05. The van der Waals surface area contributed by atoms with Crippen molar-refractivity contribution in [1.82, 2.24) is 15.2 Å². The number of H-pyrrole nitrogens is 1. The lowest BCUT2D eigenvalue weighted by molar-refractivity contribution is -0.138. The SMILES string of the molecule is O=C1C[C@H](NCCc2c[nH]c3ccccc23)C(=O)N1CCc1ccccc1. The van der Waals surface area contributed by atoms with E-state index in [0.717, 1.165) is 17.5 Å². The maximum absolute atomic E-state index is 12.6. The van der Waals surface area contributed by atoms with Crippen molar-refractivity contribution in [2.24, 2.45) is 0 Å². The van der Waals surface area contributed by atoms with E-state index in [-0.39, 0.29) is 18.2 Å². The molecule has 27 heavy (non-hydrogen) atoms. The summed E-state index contributed by atoms with van der Waals surface area (Å²) in [5.41, 5.74) is 3.47. The van der Waals surface area contributed by atoms with Crippen LogP contribution in [0, 0.1) is 0 Å². The number of likely N-dealkylation sites (tertiary alicyclic amines) is 1. The average molecular weight is 361 g/mol. The number of fused-ring (bicyclic) bond motifs is 1. The number of carbonyl (C=O) groups excluding carboxylic acids is 2. The zero-order valence-corrected chi connectivity index (χ0v) is 15.2. The van der Waals surface area contributed by atoms with Crippen LogP contribution >= 0.6 is 0 Å². The molecule has 5 heteroatoms. The van der Waals surface area contributed by atoms with E-state index < -0.39 is 6.04 Å². The largest absolute Gasteiger partial charge is 0.361 e. The molecule has 1 aromatic heterocycles. The third kappa shape index (κ3) is 3.78. The Hall–Kier alpha value is -2.92. The van der Waals surface area contributed by atoms with E-state index in [1.165, 1.54) is 15.8 Å². The summed E-state index contributed by atoms with van der Waals surface area (Å²) in [4.78, 5) is 29.5. The van der Waals surface area contributed by atoms with Crippen molar-refractivity contribution < 1.29 is 9.59 Å². The first-order valence-corrected chi connectivity index (χ1v) is 9.39. The second-order valence-corrected chi connectivity index (χ2v) is 6.94. The predicted molar refractivity (Wildman–Crippen MR) is 105 cm³/mol. The van der Waals surface area contributed by atoms with E-state index in [1.54, 1.807) is 0 Å². The molecule has 5 nitrogen and oxygen atoms in total. The number of imide groups is 1.